The van der Waals surface area contributed by atoms with Crippen LogP contribution in [0.3, 0.4) is 0 Å². The summed E-state index contributed by atoms with van der Waals surface area (Å²) in [6.07, 6.45) is -3.09. The maximum Gasteiger partial charge on any atom is 0.338 e. The Balaban J connectivity index is 1.83. The summed E-state index contributed by atoms with van der Waals surface area (Å²) in [5, 5.41) is -0.507. The Morgan fingerprint density at radius 2 is 1.32 bits per heavy atom. The van der Waals surface area contributed by atoms with Crippen LogP contribution >= 0.6 is 12.6 Å². The van der Waals surface area contributed by atoms with Gasteiger partial charge in [0.1, 0.15) is 0 Å². The van der Waals surface area contributed by atoms with Crippen molar-refractivity contribution in [2.24, 2.45) is 0 Å². The monoisotopic (exact) mass is 402 g/mol. The number of hydrogen-bond acceptors (Lipinski definition) is 7. The molecule has 28 heavy (non-hydrogen) atoms. The fraction of sp³-hybridized carbons (Fsp3) is 0.333. The molecule has 1 aliphatic rings. The molecule has 1 heterocycles. The molecule has 6 nitrogen and oxygen atoms in total. The number of carbonyl (C=O) groups is 2. The van der Waals surface area contributed by atoms with Gasteiger partial charge < -0.3 is 18.9 Å². The lowest BCUT2D eigenvalue weighted by Gasteiger charge is -2.42. The minimum absolute atomic E-state index is 0.375. The van der Waals surface area contributed by atoms with Gasteiger partial charge in [0, 0.05) is 7.11 Å². The largest absolute Gasteiger partial charge is 0.453 e. The lowest BCUT2D eigenvalue weighted by molar-refractivity contribution is -0.250. The van der Waals surface area contributed by atoms with Gasteiger partial charge >= 0.3 is 11.9 Å². The maximum atomic E-state index is 12.6. The summed E-state index contributed by atoms with van der Waals surface area (Å²) < 4.78 is 22.4. The average Bonchev–Trinajstić information content (AvgIpc) is 2.74. The van der Waals surface area contributed by atoms with Crippen LogP contribution in [0.25, 0.3) is 0 Å². The number of thiol groups is 1. The highest BCUT2D eigenvalue weighted by Gasteiger charge is 2.48. The van der Waals surface area contributed by atoms with Crippen LogP contribution in [0.4, 0.5) is 0 Å². The molecule has 3 rings (SSSR count). The van der Waals surface area contributed by atoms with Crippen LogP contribution in [0, 0.1) is 0 Å². The predicted octanol–water partition coefficient (Wildman–Crippen LogP) is 3.13. The van der Waals surface area contributed by atoms with Gasteiger partial charge in [-0.15, -0.1) is 0 Å². The van der Waals surface area contributed by atoms with E-state index in [2.05, 4.69) is 12.6 Å². The van der Waals surface area contributed by atoms with E-state index in [1.54, 1.807) is 67.6 Å². The van der Waals surface area contributed by atoms with Gasteiger partial charge in [-0.1, -0.05) is 36.4 Å². The molecule has 1 aliphatic heterocycles. The van der Waals surface area contributed by atoms with E-state index < -0.39 is 35.7 Å². The first-order valence-electron chi connectivity index (χ1n) is 8.89. The van der Waals surface area contributed by atoms with Crippen molar-refractivity contribution in [3.8, 4) is 0 Å². The summed E-state index contributed by atoms with van der Waals surface area (Å²) in [5.74, 6) is -1.10. The quantitative estimate of drug-likeness (QED) is 0.612. The van der Waals surface area contributed by atoms with Crippen molar-refractivity contribution in [3.63, 3.8) is 0 Å². The third kappa shape index (κ3) is 4.55. The second kappa shape index (κ2) is 9.23. The fourth-order valence-electron chi connectivity index (χ4n) is 2.97. The van der Waals surface area contributed by atoms with E-state index in [-0.39, 0.29) is 6.10 Å². The van der Waals surface area contributed by atoms with E-state index in [1.807, 2.05) is 0 Å². The molecule has 1 saturated heterocycles. The molecule has 0 unspecified atom stereocenters. The van der Waals surface area contributed by atoms with E-state index in [4.69, 9.17) is 18.9 Å². The number of ether oxygens (including phenoxy) is 4. The first kappa shape index (κ1) is 20.4. The Hall–Kier alpha value is -2.35. The highest BCUT2D eigenvalue weighted by molar-refractivity contribution is 7.81. The van der Waals surface area contributed by atoms with Gasteiger partial charge in [-0.05, 0) is 31.2 Å². The topological polar surface area (TPSA) is 71.1 Å². The average molecular weight is 402 g/mol. The van der Waals surface area contributed by atoms with Crippen LogP contribution in [0.5, 0.6) is 0 Å². The van der Waals surface area contributed by atoms with E-state index in [0.29, 0.717) is 11.1 Å². The minimum Gasteiger partial charge on any atom is -0.453 e. The molecule has 0 aromatic heterocycles. The highest BCUT2D eigenvalue weighted by atomic mass is 32.1. The molecule has 0 N–H and O–H groups in total. The van der Waals surface area contributed by atoms with E-state index in [9.17, 15) is 9.59 Å². The fourth-order valence-corrected chi connectivity index (χ4v) is 3.27. The van der Waals surface area contributed by atoms with Crippen LogP contribution in [0.15, 0.2) is 60.7 Å². The van der Waals surface area contributed by atoms with Gasteiger partial charge in [-0.25, -0.2) is 9.59 Å². The standard InChI is InChI=1S/C21H22O6S/c1-13-18(28)16(26-19(22)14-9-5-3-6-10-14)17(21(24-2)25-13)27-20(23)15-11-7-4-8-12-15/h3-13,16-18,21,28H,1-2H3/t13-,16-,17-,18+,21+/m1/s1. The minimum atomic E-state index is -0.968. The summed E-state index contributed by atoms with van der Waals surface area (Å²) >= 11 is 4.54. The second-order valence-electron chi connectivity index (χ2n) is 6.41. The number of rotatable bonds is 5. The molecule has 2 aromatic rings. The lowest BCUT2D eigenvalue weighted by atomic mass is 10.0. The van der Waals surface area contributed by atoms with Crippen molar-refractivity contribution in [2.75, 3.05) is 7.11 Å². The molecule has 1 fully saturated rings. The van der Waals surface area contributed by atoms with Crippen molar-refractivity contribution < 1.29 is 28.5 Å². The molecule has 0 bridgehead atoms. The summed E-state index contributed by atoms with van der Waals surface area (Å²) in [4.78, 5) is 25.1. The lowest BCUT2D eigenvalue weighted by Crippen LogP contribution is -2.58. The van der Waals surface area contributed by atoms with Gasteiger partial charge in [0.25, 0.3) is 0 Å². The number of carbonyl (C=O) groups excluding carboxylic acids is 2. The van der Waals surface area contributed by atoms with Crippen LogP contribution < -0.4 is 0 Å². The SMILES string of the molecule is CO[C@H]1O[C@H](C)[C@H](S)[C@H](OC(=O)c2ccccc2)[C@H]1OC(=O)c1ccccc1. The first-order valence-corrected chi connectivity index (χ1v) is 9.41. The molecule has 2 aromatic carbocycles. The molecule has 0 spiro atoms. The molecule has 0 saturated carbocycles. The van der Waals surface area contributed by atoms with Crippen LogP contribution in [0.2, 0.25) is 0 Å². The summed E-state index contributed by atoms with van der Waals surface area (Å²) in [6.45, 7) is 1.79. The second-order valence-corrected chi connectivity index (χ2v) is 7.00. The van der Waals surface area contributed by atoms with Crippen LogP contribution in [-0.2, 0) is 18.9 Å². The first-order chi connectivity index (χ1) is 13.5. The van der Waals surface area contributed by atoms with Gasteiger partial charge in [0.15, 0.2) is 18.5 Å². The zero-order chi connectivity index (χ0) is 20.1. The molecule has 7 heteroatoms. The summed E-state index contributed by atoms with van der Waals surface area (Å²) in [7, 11) is 1.44. The molecule has 0 radical (unpaired) electrons. The molecule has 0 amide bonds. The molecule has 148 valence electrons. The maximum absolute atomic E-state index is 12.6. The van der Waals surface area contributed by atoms with Gasteiger partial charge in [0.05, 0.1) is 22.5 Å². The van der Waals surface area contributed by atoms with Gasteiger partial charge in [0.2, 0.25) is 0 Å². The Morgan fingerprint density at radius 3 is 1.79 bits per heavy atom. The van der Waals surface area contributed by atoms with Gasteiger partial charge in [-0.3, -0.25) is 0 Å². The van der Waals surface area contributed by atoms with Crippen molar-refractivity contribution in [1.29, 1.82) is 0 Å². The Kier molecular flexibility index (Phi) is 6.72. The molecule has 5 atom stereocenters. The Labute approximate surface area is 169 Å². The number of hydrogen-bond donors (Lipinski definition) is 1. The smallest absolute Gasteiger partial charge is 0.338 e. The van der Waals surface area contributed by atoms with Crippen LogP contribution in [0.1, 0.15) is 27.6 Å². The number of methoxy groups -OCH3 is 1. The predicted molar refractivity (Wildman–Crippen MR) is 105 cm³/mol. The molecular weight excluding hydrogens is 380 g/mol. The van der Waals surface area contributed by atoms with Gasteiger partial charge in [-0.2, -0.15) is 12.6 Å². The third-order valence-electron chi connectivity index (χ3n) is 4.50. The zero-order valence-corrected chi connectivity index (χ0v) is 16.5. The number of esters is 2. The zero-order valence-electron chi connectivity index (χ0n) is 15.6. The summed E-state index contributed by atoms with van der Waals surface area (Å²) in [5.41, 5.74) is 0.768. The van der Waals surface area contributed by atoms with Crippen molar-refractivity contribution in [1.82, 2.24) is 0 Å². The van der Waals surface area contributed by atoms with Crippen LogP contribution in [-0.4, -0.2) is 48.9 Å². The molecule has 0 aliphatic carbocycles. The highest BCUT2D eigenvalue weighted by Crippen LogP contribution is 2.30. The van der Waals surface area contributed by atoms with Crippen molar-refractivity contribution in [2.45, 2.75) is 36.8 Å². The van der Waals surface area contributed by atoms with Crippen molar-refractivity contribution in [3.05, 3.63) is 71.8 Å². The van der Waals surface area contributed by atoms with Crippen molar-refractivity contribution >= 4 is 24.6 Å². The summed E-state index contributed by atoms with van der Waals surface area (Å²) in [6, 6.07) is 17.1. The van der Waals surface area contributed by atoms with E-state index >= 15 is 0 Å². The Morgan fingerprint density at radius 1 is 0.857 bits per heavy atom. The third-order valence-corrected chi connectivity index (χ3v) is 5.21. The normalized spacial score (nSPS) is 27.0. The Bertz CT molecular complexity index is 744. The van der Waals surface area contributed by atoms with E-state index in [0.717, 1.165) is 0 Å². The molecular formula is C21H22O6S. The van der Waals surface area contributed by atoms with E-state index in [1.165, 1.54) is 7.11 Å². The number of benzene rings is 2.